The molecule has 0 aliphatic heterocycles. The summed E-state index contributed by atoms with van der Waals surface area (Å²) >= 11 is 11.0. The molecule has 1 heterocycles. The average molecular weight is 151 g/mol. The van der Waals surface area contributed by atoms with Crippen molar-refractivity contribution in [2.24, 2.45) is 0 Å². The number of aromatic nitrogens is 1. The van der Waals surface area contributed by atoms with Crippen LogP contribution in [0.15, 0.2) is 12.3 Å². The molecule has 0 amide bonds. The summed E-state index contributed by atoms with van der Waals surface area (Å²) in [6, 6.07) is 1.63. The Morgan fingerprint density at radius 2 is 2.12 bits per heavy atom. The van der Waals surface area contributed by atoms with E-state index in [4.69, 9.17) is 29.0 Å². The average Bonchev–Trinajstić information content (AvgIpc) is 1.98. The van der Waals surface area contributed by atoms with E-state index in [1.54, 1.807) is 12.3 Å². The second-order valence-electron chi connectivity index (χ2n) is 1.36. The molecule has 0 aliphatic carbocycles. The van der Waals surface area contributed by atoms with E-state index in [1.165, 1.54) is 4.68 Å². The Bertz CT molecular complexity index is 174. The van der Waals surface area contributed by atoms with Gasteiger partial charge in [0, 0.05) is 6.20 Å². The van der Waals surface area contributed by atoms with Crippen molar-refractivity contribution in [1.82, 2.24) is 4.68 Å². The topological polar surface area (TPSA) is 30.9 Å². The molecule has 0 radical (unpaired) electrons. The van der Waals surface area contributed by atoms with Gasteiger partial charge in [0.25, 0.3) is 0 Å². The maximum atomic E-state index is 5.50. The largest absolute Gasteiger partial charge is 0.338 e. The van der Waals surface area contributed by atoms with Gasteiger partial charge in [0.15, 0.2) is 0 Å². The van der Waals surface area contributed by atoms with Crippen LogP contribution in [-0.2, 0) is 0 Å². The molecule has 0 spiro atoms. The minimum atomic E-state index is 0.367. The lowest BCUT2D eigenvalue weighted by atomic mass is 10.7. The van der Waals surface area contributed by atoms with E-state index >= 15 is 0 Å². The monoisotopic (exact) mass is 150 g/mol. The minimum Gasteiger partial charge on any atom is -0.338 e. The van der Waals surface area contributed by atoms with E-state index in [9.17, 15) is 0 Å². The zero-order valence-corrected chi connectivity index (χ0v) is 5.45. The standard InChI is InChI=1S/C4H4Cl2N2/c5-3-1-2-8(7)4(3)6/h1-2H,7H2. The highest BCUT2D eigenvalue weighted by molar-refractivity contribution is 6.41. The third-order valence-corrected chi connectivity index (χ3v) is 1.61. The number of halogens is 2. The Morgan fingerprint density at radius 3 is 2.25 bits per heavy atom. The van der Waals surface area contributed by atoms with Gasteiger partial charge in [-0.3, -0.25) is 4.68 Å². The van der Waals surface area contributed by atoms with Gasteiger partial charge in [-0.05, 0) is 6.07 Å². The number of nitrogen functional groups attached to an aromatic ring is 1. The van der Waals surface area contributed by atoms with Crippen LogP contribution in [0, 0.1) is 0 Å². The second-order valence-corrected chi connectivity index (χ2v) is 2.13. The van der Waals surface area contributed by atoms with Crippen molar-refractivity contribution in [3.05, 3.63) is 22.4 Å². The fraction of sp³-hybridized carbons (Fsp3) is 0. The molecule has 0 unspecified atom stereocenters. The van der Waals surface area contributed by atoms with Gasteiger partial charge < -0.3 is 5.84 Å². The zero-order valence-electron chi connectivity index (χ0n) is 3.94. The molecule has 1 aromatic heterocycles. The molecule has 0 fully saturated rings. The molecule has 0 atom stereocenters. The predicted octanol–water partition coefficient (Wildman–Crippen LogP) is 1.51. The molecule has 8 heavy (non-hydrogen) atoms. The first-order valence-corrected chi connectivity index (χ1v) is 2.75. The molecule has 2 nitrogen and oxygen atoms in total. The van der Waals surface area contributed by atoms with Crippen LogP contribution in [-0.4, -0.2) is 4.68 Å². The Labute approximate surface area is 56.8 Å². The van der Waals surface area contributed by atoms with Gasteiger partial charge in [-0.1, -0.05) is 23.2 Å². The fourth-order valence-corrected chi connectivity index (χ4v) is 0.677. The molecule has 0 saturated heterocycles. The second kappa shape index (κ2) is 1.88. The molecule has 0 aliphatic rings. The summed E-state index contributed by atoms with van der Waals surface area (Å²) in [6.45, 7) is 0. The Balaban J connectivity index is 3.19. The fourth-order valence-electron chi connectivity index (χ4n) is 0.403. The molecule has 1 rings (SSSR count). The van der Waals surface area contributed by atoms with Gasteiger partial charge >= 0.3 is 0 Å². The first-order chi connectivity index (χ1) is 3.72. The van der Waals surface area contributed by atoms with Gasteiger partial charge in [0.2, 0.25) is 0 Å². The van der Waals surface area contributed by atoms with Crippen LogP contribution in [0.25, 0.3) is 0 Å². The SMILES string of the molecule is Nn1ccc(Cl)c1Cl. The first-order valence-electron chi connectivity index (χ1n) is 1.99. The molecule has 4 heteroatoms. The van der Waals surface area contributed by atoms with Crippen LogP contribution in [0.5, 0.6) is 0 Å². The third kappa shape index (κ3) is 0.767. The van der Waals surface area contributed by atoms with Gasteiger partial charge in [0.1, 0.15) is 5.15 Å². The highest BCUT2D eigenvalue weighted by Gasteiger charge is 1.98. The quantitative estimate of drug-likeness (QED) is 0.559. The van der Waals surface area contributed by atoms with E-state index in [0.717, 1.165) is 0 Å². The van der Waals surface area contributed by atoms with Crippen LogP contribution < -0.4 is 5.84 Å². The van der Waals surface area contributed by atoms with Crippen molar-refractivity contribution in [2.45, 2.75) is 0 Å². The summed E-state index contributed by atoms with van der Waals surface area (Å²) in [7, 11) is 0. The van der Waals surface area contributed by atoms with Crippen LogP contribution in [0.4, 0.5) is 0 Å². The number of hydrogen-bond acceptors (Lipinski definition) is 1. The maximum Gasteiger partial charge on any atom is 0.146 e. The normalized spacial score (nSPS) is 9.75. The Hall–Kier alpha value is -0.340. The van der Waals surface area contributed by atoms with Crippen molar-refractivity contribution < 1.29 is 0 Å². The van der Waals surface area contributed by atoms with E-state index in [0.29, 0.717) is 10.2 Å². The lowest BCUT2D eigenvalue weighted by molar-refractivity contribution is 1.02. The molecular formula is C4H4Cl2N2. The highest BCUT2D eigenvalue weighted by Crippen LogP contribution is 2.19. The molecule has 1 aromatic rings. The van der Waals surface area contributed by atoms with Gasteiger partial charge in [-0.15, -0.1) is 0 Å². The van der Waals surface area contributed by atoms with Gasteiger partial charge in [-0.2, -0.15) is 0 Å². The van der Waals surface area contributed by atoms with Crippen LogP contribution in [0.2, 0.25) is 10.2 Å². The number of rotatable bonds is 0. The molecule has 2 N–H and O–H groups in total. The van der Waals surface area contributed by atoms with Crippen molar-refractivity contribution >= 4 is 23.2 Å². The van der Waals surface area contributed by atoms with Gasteiger partial charge in [-0.25, -0.2) is 0 Å². The smallest absolute Gasteiger partial charge is 0.146 e. The summed E-state index contributed by atoms with van der Waals surface area (Å²) in [4.78, 5) is 0. The molecule has 44 valence electrons. The number of hydrogen-bond donors (Lipinski definition) is 1. The van der Waals surface area contributed by atoms with E-state index < -0.39 is 0 Å². The number of nitrogens with zero attached hydrogens (tertiary/aromatic N) is 1. The first kappa shape index (κ1) is 5.79. The summed E-state index contributed by atoms with van der Waals surface area (Å²) in [5.74, 6) is 5.24. The van der Waals surface area contributed by atoms with Crippen LogP contribution >= 0.6 is 23.2 Å². The van der Waals surface area contributed by atoms with Crippen molar-refractivity contribution in [1.29, 1.82) is 0 Å². The number of nitrogens with two attached hydrogens (primary N) is 1. The summed E-state index contributed by atoms with van der Waals surface area (Å²) in [5, 5.41) is 0.848. The van der Waals surface area contributed by atoms with E-state index in [2.05, 4.69) is 0 Å². The predicted molar refractivity (Wildman–Crippen MR) is 34.6 cm³/mol. The van der Waals surface area contributed by atoms with Crippen molar-refractivity contribution in [3.8, 4) is 0 Å². The van der Waals surface area contributed by atoms with Crippen molar-refractivity contribution in [2.75, 3.05) is 5.84 Å². The van der Waals surface area contributed by atoms with E-state index in [1.807, 2.05) is 0 Å². The molecule has 0 aromatic carbocycles. The Morgan fingerprint density at radius 1 is 1.50 bits per heavy atom. The van der Waals surface area contributed by atoms with Gasteiger partial charge in [0.05, 0.1) is 5.02 Å². The minimum absolute atomic E-state index is 0.367. The molecule has 0 saturated carbocycles. The van der Waals surface area contributed by atoms with Crippen molar-refractivity contribution in [3.63, 3.8) is 0 Å². The Kier molecular flexibility index (Phi) is 1.36. The molecular weight excluding hydrogens is 147 g/mol. The lowest BCUT2D eigenvalue weighted by Gasteiger charge is -1.89. The highest BCUT2D eigenvalue weighted by atomic mass is 35.5. The lowest BCUT2D eigenvalue weighted by Crippen LogP contribution is -2.04. The zero-order chi connectivity index (χ0) is 6.15. The summed E-state index contributed by atoms with van der Waals surface area (Å²) < 4.78 is 1.25. The van der Waals surface area contributed by atoms with E-state index in [-0.39, 0.29) is 0 Å². The molecule has 0 bridgehead atoms. The third-order valence-electron chi connectivity index (χ3n) is 0.805. The maximum absolute atomic E-state index is 5.50. The summed E-state index contributed by atoms with van der Waals surface area (Å²) in [6.07, 6.45) is 1.59. The van der Waals surface area contributed by atoms with Crippen LogP contribution in [0.1, 0.15) is 0 Å². The summed E-state index contributed by atoms with van der Waals surface area (Å²) in [5.41, 5.74) is 0. The van der Waals surface area contributed by atoms with Crippen LogP contribution in [0.3, 0.4) is 0 Å².